The Balaban J connectivity index is 1.41. The van der Waals surface area contributed by atoms with Crippen LogP contribution in [0.5, 0.6) is 11.8 Å². The molecule has 0 aliphatic carbocycles. The van der Waals surface area contributed by atoms with E-state index in [1.807, 2.05) is 25.7 Å². The molecule has 3 fully saturated rings. The Bertz CT molecular complexity index is 2410. The molecule has 0 spiro atoms. The van der Waals surface area contributed by atoms with Crippen LogP contribution >= 0.6 is 0 Å². The number of hydrogen-bond donors (Lipinski definition) is 1. The maximum absolute atomic E-state index is 17.7. The summed E-state index contributed by atoms with van der Waals surface area (Å²) in [6.07, 6.45) is 2.10. The summed E-state index contributed by atoms with van der Waals surface area (Å²) in [5.74, 6) is 1.04. The highest BCUT2D eigenvalue weighted by atomic mass is 28.3. The Kier molecular flexibility index (Phi) is 12.4. The van der Waals surface area contributed by atoms with Crippen molar-refractivity contribution in [2.75, 3.05) is 37.7 Å². The fourth-order valence-electron chi connectivity index (χ4n) is 10.9. The van der Waals surface area contributed by atoms with Crippen LogP contribution in [-0.4, -0.2) is 95.1 Å². The highest BCUT2D eigenvalue weighted by Crippen LogP contribution is 2.45. The first-order valence-corrected chi connectivity index (χ1v) is 24.7. The van der Waals surface area contributed by atoms with Gasteiger partial charge in [-0.05, 0) is 112 Å². The molecular weight excluding hydrogens is 808 g/mol. The normalized spacial score (nSPS) is 22.1. The van der Waals surface area contributed by atoms with Crippen molar-refractivity contribution in [1.29, 1.82) is 0 Å². The van der Waals surface area contributed by atoms with Gasteiger partial charge in [-0.25, -0.2) is 18.0 Å². The number of hydrogen-bond acceptors (Lipinski definition) is 8. The van der Waals surface area contributed by atoms with Gasteiger partial charge in [0.05, 0.1) is 28.7 Å². The summed E-state index contributed by atoms with van der Waals surface area (Å²) in [6, 6.07) is 6.26. The molecule has 3 aromatic carbocycles. The van der Waals surface area contributed by atoms with E-state index < -0.39 is 36.7 Å². The second-order valence-electron chi connectivity index (χ2n) is 20.0. The first kappa shape index (κ1) is 45.5. The molecule has 1 aromatic heterocycles. The molecule has 3 aliphatic rings. The lowest BCUT2D eigenvalue weighted by atomic mass is 9.89. The number of nitrogens with zero attached hydrogens (tertiary/aromatic N) is 5. The fraction of sp³-hybridized carbons (Fsp3) is 0.571. The molecule has 1 N–H and O–H groups in total. The Morgan fingerprint density at radius 3 is 2.21 bits per heavy atom. The molecule has 13 heteroatoms. The number of amides is 1. The molecule has 4 atom stereocenters. The Morgan fingerprint density at radius 1 is 0.968 bits per heavy atom. The van der Waals surface area contributed by atoms with Crippen molar-refractivity contribution in [3.05, 3.63) is 53.3 Å². The zero-order valence-electron chi connectivity index (χ0n) is 38.5. The number of benzene rings is 3. The van der Waals surface area contributed by atoms with Gasteiger partial charge in [0.2, 0.25) is 0 Å². The minimum absolute atomic E-state index is 0.0281. The monoisotopic (exact) mass is 871 g/mol. The summed E-state index contributed by atoms with van der Waals surface area (Å²) in [7, 11) is -2.37. The van der Waals surface area contributed by atoms with Crippen LogP contribution in [0.3, 0.4) is 0 Å². The Labute approximate surface area is 366 Å². The zero-order chi connectivity index (χ0) is 45.2. The molecular formula is C49H64F3N5O4Si. The van der Waals surface area contributed by atoms with Gasteiger partial charge >= 0.3 is 12.1 Å². The number of phenols is 1. The lowest BCUT2D eigenvalue weighted by molar-refractivity contribution is 0.0122. The van der Waals surface area contributed by atoms with Gasteiger partial charge in [-0.2, -0.15) is 9.97 Å². The van der Waals surface area contributed by atoms with Crippen LogP contribution in [0.25, 0.3) is 32.8 Å². The van der Waals surface area contributed by atoms with Crippen molar-refractivity contribution in [3.8, 4) is 34.4 Å². The predicted molar refractivity (Wildman–Crippen MR) is 244 cm³/mol. The van der Waals surface area contributed by atoms with Gasteiger partial charge in [0.15, 0.2) is 5.82 Å². The molecule has 0 unspecified atom stereocenters. The number of likely N-dealkylation sites (tertiary alicyclic amines) is 1. The minimum Gasteiger partial charge on any atom is -0.508 e. The third-order valence-electron chi connectivity index (χ3n) is 14.3. The first-order valence-electron chi connectivity index (χ1n) is 22.4. The number of piperazine rings is 1. The first-order chi connectivity index (χ1) is 29.1. The molecule has 4 aromatic rings. The SMILES string of the molecule is CCN1CC[C@H](C)[C@]1(C)COc1nc(N2C[C@H]3CC[C@@H](C2)N3C(=O)OC(C)(C)C)c2cc(F)c(-c3cc(O)cc4ccc(F)c(C#C[Si](C(C)C)(C(C)C)C(C)C)c34)c(F)c2n1. The number of fused-ring (bicyclic) bond motifs is 4. The van der Waals surface area contributed by atoms with Gasteiger partial charge in [-0.3, -0.25) is 9.80 Å². The van der Waals surface area contributed by atoms with Crippen molar-refractivity contribution in [3.63, 3.8) is 0 Å². The van der Waals surface area contributed by atoms with Gasteiger partial charge in [0.25, 0.3) is 0 Å². The van der Waals surface area contributed by atoms with E-state index in [9.17, 15) is 9.90 Å². The van der Waals surface area contributed by atoms with Gasteiger partial charge in [0.1, 0.15) is 49.0 Å². The van der Waals surface area contributed by atoms with Crippen molar-refractivity contribution in [1.82, 2.24) is 19.8 Å². The quantitative estimate of drug-likeness (QED) is 0.131. The van der Waals surface area contributed by atoms with Crippen molar-refractivity contribution in [2.24, 2.45) is 5.92 Å². The molecule has 334 valence electrons. The summed E-state index contributed by atoms with van der Waals surface area (Å²) < 4.78 is 63.3. The summed E-state index contributed by atoms with van der Waals surface area (Å²) >= 11 is 0. The second kappa shape index (κ2) is 16.9. The molecule has 2 bridgehead atoms. The number of ether oxygens (including phenoxy) is 2. The summed E-state index contributed by atoms with van der Waals surface area (Å²) in [4.78, 5) is 29.1. The maximum Gasteiger partial charge on any atom is 0.410 e. The molecule has 3 saturated heterocycles. The fourth-order valence-corrected chi connectivity index (χ4v) is 16.1. The van der Waals surface area contributed by atoms with Crippen LogP contribution in [-0.2, 0) is 4.74 Å². The number of anilines is 1. The van der Waals surface area contributed by atoms with E-state index in [0.29, 0.717) is 30.2 Å². The standard InChI is InChI=1S/C49H64F3N5O4Si/c1-13-56-20-18-31(8)49(56,12)27-60-46-53-44-38(45(54-46)55-25-33-15-16-34(26-55)57(33)47(59)61-48(9,10)11)24-40(51)42(43(44)52)37-23-35(58)22-32-14-17-39(50)36(41(32)37)19-21-62(28(2)3,29(4)5)30(6)7/h14,17,22-24,28-31,33-34,58H,13,15-16,18,20,25-27H2,1-12H3/t31-,33-,34+,49-/m0/s1. The van der Waals surface area contributed by atoms with Crippen LogP contribution < -0.4 is 9.64 Å². The number of likely N-dealkylation sites (N-methyl/N-ethyl adjacent to an activating group) is 1. The van der Waals surface area contributed by atoms with Gasteiger partial charge in [-0.1, -0.05) is 67.4 Å². The average Bonchev–Trinajstić information content (AvgIpc) is 3.63. The van der Waals surface area contributed by atoms with E-state index in [1.54, 1.807) is 4.90 Å². The minimum atomic E-state index is -2.37. The molecule has 0 saturated carbocycles. The van der Waals surface area contributed by atoms with Gasteiger partial charge in [-0.15, -0.1) is 5.54 Å². The molecule has 62 heavy (non-hydrogen) atoms. The molecule has 3 aliphatic heterocycles. The smallest absolute Gasteiger partial charge is 0.410 e. The molecule has 4 heterocycles. The summed E-state index contributed by atoms with van der Waals surface area (Å²) in [6.45, 7) is 27.7. The predicted octanol–water partition coefficient (Wildman–Crippen LogP) is 11.2. The van der Waals surface area contributed by atoms with Crippen molar-refractivity contribution in [2.45, 2.75) is 142 Å². The van der Waals surface area contributed by atoms with E-state index in [0.717, 1.165) is 32.4 Å². The molecule has 1 amide bonds. The third-order valence-corrected chi connectivity index (χ3v) is 20.6. The van der Waals surface area contributed by atoms with E-state index in [4.69, 9.17) is 14.5 Å². The van der Waals surface area contributed by atoms with Gasteiger partial charge < -0.3 is 19.5 Å². The number of carbonyl (C=O) groups is 1. The van der Waals surface area contributed by atoms with Crippen molar-refractivity contribution >= 4 is 41.7 Å². The number of aromatic nitrogens is 2. The highest BCUT2D eigenvalue weighted by Gasteiger charge is 2.46. The third kappa shape index (κ3) is 7.99. The lowest BCUT2D eigenvalue weighted by Gasteiger charge is -2.42. The van der Waals surface area contributed by atoms with E-state index in [2.05, 4.69) is 83.7 Å². The number of rotatable bonds is 9. The molecule has 0 radical (unpaired) electrons. The average molecular weight is 872 g/mol. The number of phenolic OH excluding ortho intramolecular Hbond substituents is 1. The van der Waals surface area contributed by atoms with E-state index in [1.165, 1.54) is 30.3 Å². The Morgan fingerprint density at radius 2 is 1.61 bits per heavy atom. The number of aromatic hydroxyl groups is 1. The Hall–Kier alpha value is -4.54. The lowest BCUT2D eigenvalue weighted by Crippen LogP contribution is -2.57. The van der Waals surface area contributed by atoms with E-state index >= 15 is 13.2 Å². The van der Waals surface area contributed by atoms with E-state index in [-0.39, 0.29) is 86.1 Å². The van der Waals surface area contributed by atoms with Crippen LogP contribution in [0, 0.1) is 34.8 Å². The summed E-state index contributed by atoms with van der Waals surface area (Å²) in [5, 5.41) is 11.8. The van der Waals surface area contributed by atoms with Crippen LogP contribution in [0.4, 0.5) is 23.8 Å². The van der Waals surface area contributed by atoms with Gasteiger partial charge in [0, 0.05) is 29.4 Å². The topological polar surface area (TPSA) is 91.3 Å². The molecule has 9 nitrogen and oxygen atoms in total. The number of halogens is 3. The highest BCUT2D eigenvalue weighted by molar-refractivity contribution is 6.90. The van der Waals surface area contributed by atoms with Crippen LogP contribution in [0.2, 0.25) is 16.6 Å². The van der Waals surface area contributed by atoms with Crippen LogP contribution in [0.15, 0.2) is 30.3 Å². The van der Waals surface area contributed by atoms with Crippen LogP contribution in [0.1, 0.15) is 108 Å². The largest absolute Gasteiger partial charge is 0.508 e. The maximum atomic E-state index is 17.7. The van der Waals surface area contributed by atoms with Crippen molar-refractivity contribution < 1.29 is 32.5 Å². The number of carbonyl (C=O) groups excluding carboxylic acids is 1. The molecule has 7 rings (SSSR count). The second-order valence-corrected chi connectivity index (χ2v) is 25.6. The summed E-state index contributed by atoms with van der Waals surface area (Å²) in [5.41, 5.74) is 2.72. The zero-order valence-corrected chi connectivity index (χ0v) is 39.5.